The SMILES string of the molecule is CCCNC(c1cc(C)c(C)cc1C)c1cc(Cl)sc1Cl. The van der Waals surface area contributed by atoms with Gasteiger partial charge >= 0.3 is 0 Å². The monoisotopic (exact) mass is 341 g/mol. The van der Waals surface area contributed by atoms with Gasteiger partial charge in [0.25, 0.3) is 0 Å². The molecule has 4 heteroatoms. The van der Waals surface area contributed by atoms with Crippen LogP contribution in [0.2, 0.25) is 8.67 Å². The van der Waals surface area contributed by atoms with E-state index < -0.39 is 0 Å². The van der Waals surface area contributed by atoms with Crippen molar-refractivity contribution in [2.75, 3.05) is 6.54 Å². The number of benzene rings is 1. The second-order valence-corrected chi connectivity index (χ2v) is 7.75. The lowest BCUT2D eigenvalue weighted by Gasteiger charge is -2.22. The van der Waals surface area contributed by atoms with Gasteiger partial charge in [0.1, 0.15) is 0 Å². The molecule has 1 aromatic carbocycles. The molecule has 1 N–H and O–H groups in total. The molecule has 0 bridgehead atoms. The molecule has 1 nitrogen and oxygen atoms in total. The van der Waals surface area contributed by atoms with Crippen LogP contribution in [-0.4, -0.2) is 6.54 Å². The summed E-state index contributed by atoms with van der Waals surface area (Å²) in [5.41, 5.74) is 6.26. The molecule has 1 unspecified atom stereocenters. The highest BCUT2D eigenvalue weighted by atomic mass is 35.5. The Morgan fingerprint density at radius 1 is 1.00 bits per heavy atom. The first kappa shape index (κ1) is 16.8. The van der Waals surface area contributed by atoms with Crippen LogP contribution in [0.3, 0.4) is 0 Å². The third-order valence-electron chi connectivity index (χ3n) is 3.79. The summed E-state index contributed by atoms with van der Waals surface area (Å²) in [4.78, 5) is 0. The number of hydrogen-bond acceptors (Lipinski definition) is 2. The smallest absolute Gasteiger partial charge is 0.0995 e. The zero-order valence-electron chi connectivity index (χ0n) is 12.9. The van der Waals surface area contributed by atoms with E-state index in [1.165, 1.54) is 33.6 Å². The minimum atomic E-state index is 0.0977. The van der Waals surface area contributed by atoms with Crippen molar-refractivity contribution in [1.82, 2.24) is 5.32 Å². The number of nitrogens with one attached hydrogen (secondary N) is 1. The molecular formula is C17H21Cl2NS. The molecule has 0 aliphatic carbocycles. The van der Waals surface area contributed by atoms with Crippen LogP contribution in [-0.2, 0) is 0 Å². The van der Waals surface area contributed by atoms with E-state index in [2.05, 4.69) is 45.1 Å². The van der Waals surface area contributed by atoms with Crippen LogP contribution in [0.4, 0.5) is 0 Å². The number of hydrogen-bond donors (Lipinski definition) is 1. The average Bonchev–Trinajstić information content (AvgIpc) is 2.75. The second-order valence-electron chi connectivity index (χ2n) is 5.46. The predicted molar refractivity (Wildman–Crippen MR) is 95.1 cm³/mol. The molecule has 114 valence electrons. The van der Waals surface area contributed by atoms with E-state index in [0.717, 1.165) is 27.2 Å². The number of aryl methyl sites for hydroxylation is 3. The van der Waals surface area contributed by atoms with Crippen LogP contribution >= 0.6 is 34.5 Å². The fourth-order valence-electron chi connectivity index (χ4n) is 2.52. The van der Waals surface area contributed by atoms with Crippen LogP contribution in [0, 0.1) is 20.8 Å². The van der Waals surface area contributed by atoms with E-state index in [1.54, 1.807) is 0 Å². The molecule has 1 atom stereocenters. The highest BCUT2D eigenvalue weighted by Gasteiger charge is 2.21. The molecule has 21 heavy (non-hydrogen) atoms. The number of halogens is 2. The van der Waals surface area contributed by atoms with Crippen molar-refractivity contribution in [3.63, 3.8) is 0 Å². The van der Waals surface area contributed by atoms with Gasteiger partial charge in [-0.05, 0) is 62.1 Å². The summed E-state index contributed by atoms with van der Waals surface area (Å²) in [6, 6.07) is 6.59. The lowest BCUT2D eigenvalue weighted by molar-refractivity contribution is 0.597. The predicted octanol–water partition coefficient (Wildman–Crippen LogP) is 6.07. The Hall–Kier alpha value is -0.540. The Balaban J connectivity index is 2.50. The maximum Gasteiger partial charge on any atom is 0.0995 e. The van der Waals surface area contributed by atoms with Crippen molar-refractivity contribution < 1.29 is 0 Å². The topological polar surface area (TPSA) is 12.0 Å². The maximum atomic E-state index is 6.39. The molecule has 0 amide bonds. The minimum absolute atomic E-state index is 0.0977. The average molecular weight is 342 g/mol. The van der Waals surface area contributed by atoms with Crippen molar-refractivity contribution in [1.29, 1.82) is 0 Å². The fraction of sp³-hybridized carbons (Fsp3) is 0.412. The molecule has 0 aliphatic rings. The van der Waals surface area contributed by atoms with Gasteiger partial charge in [-0.15, -0.1) is 11.3 Å². The van der Waals surface area contributed by atoms with Gasteiger partial charge in [-0.2, -0.15) is 0 Å². The lowest BCUT2D eigenvalue weighted by Crippen LogP contribution is -2.24. The summed E-state index contributed by atoms with van der Waals surface area (Å²) in [6.45, 7) is 9.57. The van der Waals surface area contributed by atoms with Gasteiger partial charge in [0.05, 0.1) is 14.7 Å². The molecule has 0 saturated carbocycles. The van der Waals surface area contributed by atoms with Crippen molar-refractivity contribution in [3.8, 4) is 0 Å². The highest BCUT2D eigenvalue weighted by Crippen LogP contribution is 2.38. The third kappa shape index (κ3) is 3.81. The maximum absolute atomic E-state index is 6.39. The molecule has 0 spiro atoms. The van der Waals surface area contributed by atoms with Crippen LogP contribution in [0.15, 0.2) is 18.2 Å². The zero-order chi connectivity index (χ0) is 15.6. The number of rotatable bonds is 5. The van der Waals surface area contributed by atoms with Crippen molar-refractivity contribution in [2.24, 2.45) is 0 Å². The summed E-state index contributed by atoms with van der Waals surface area (Å²) >= 11 is 13.9. The third-order valence-corrected chi connectivity index (χ3v) is 5.30. The first-order valence-electron chi connectivity index (χ1n) is 7.19. The Bertz CT molecular complexity index is 634. The Morgan fingerprint density at radius 3 is 2.24 bits per heavy atom. The largest absolute Gasteiger partial charge is 0.306 e. The first-order chi connectivity index (χ1) is 9.93. The zero-order valence-corrected chi connectivity index (χ0v) is 15.2. The summed E-state index contributed by atoms with van der Waals surface area (Å²) in [6.07, 6.45) is 1.08. The van der Waals surface area contributed by atoms with Crippen LogP contribution < -0.4 is 5.32 Å². The van der Waals surface area contributed by atoms with E-state index >= 15 is 0 Å². The molecule has 0 aliphatic heterocycles. The standard InChI is InChI=1S/C17H21Cl2NS/c1-5-6-20-16(14-9-15(18)21-17(14)19)13-8-11(3)10(2)7-12(13)4/h7-9,16,20H,5-6H2,1-4H3. The molecular weight excluding hydrogens is 321 g/mol. The minimum Gasteiger partial charge on any atom is -0.306 e. The van der Waals surface area contributed by atoms with E-state index in [4.69, 9.17) is 23.2 Å². The van der Waals surface area contributed by atoms with Crippen molar-refractivity contribution >= 4 is 34.5 Å². The summed E-state index contributed by atoms with van der Waals surface area (Å²) < 4.78 is 1.51. The Morgan fingerprint density at radius 2 is 1.67 bits per heavy atom. The van der Waals surface area contributed by atoms with Gasteiger partial charge in [0.2, 0.25) is 0 Å². The highest BCUT2D eigenvalue weighted by molar-refractivity contribution is 7.20. The van der Waals surface area contributed by atoms with Crippen molar-refractivity contribution in [2.45, 2.75) is 40.2 Å². The van der Waals surface area contributed by atoms with Crippen LogP contribution in [0.5, 0.6) is 0 Å². The van der Waals surface area contributed by atoms with Gasteiger partial charge in [-0.25, -0.2) is 0 Å². The summed E-state index contributed by atoms with van der Waals surface area (Å²) in [5, 5.41) is 3.61. The molecule has 1 aromatic heterocycles. The number of thiophene rings is 1. The molecule has 0 fully saturated rings. The van der Waals surface area contributed by atoms with Crippen LogP contribution in [0.25, 0.3) is 0 Å². The van der Waals surface area contributed by atoms with E-state index in [0.29, 0.717) is 0 Å². The van der Waals surface area contributed by atoms with Gasteiger partial charge < -0.3 is 5.32 Å². The normalized spacial score (nSPS) is 12.7. The van der Waals surface area contributed by atoms with E-state index in [9.17, 15) is 0 Å². The molecule has 2 rings (SSSR count). The Kier molecular flexibility index (Phi) is 5.73. The molecule has 1 heterocycles. The second kappa shape index (κ2) is 7.15. The molecule has 0 radical (unpaired) electrons. The summed E-state index contributed by atoms with van der Waals surface area (Å²) in [5.74, 6) is 0. The first-order valence-corrected chi connectivity index (χ1v) is 8.77. The summed E-state index contributed by atoms with van der Waals surface area (Å²) in [7, 11) is 0. The van der Waals surface area contributed by atoms with Gasteiger partial charge in [-0.1, -0.05) is 42.3 Å². The van der Waals surface area contributed by atoms with Gasteiger partial charge in [0.15, 0.2) is 0 Å². The molecule has 2 aromatic rings. The lowest BCUT2D eigenvalue weighted by atomic mass is 9.93. The van der Waals surface area contributed by atoms with Crippen LogP contribution in [0.1, 0.15) is 47.2 Å². The Labute approximate surface area is 141 Å². The fourth-order valence-corrected chi connectivity index (χ4v) is 4.05. The quantitative estimate of drug-likeness (QED) is 0.695. The molecule has 0 saturated heterocycles. The van der Waals surface area contributed by atoms with Gasteiger partial charge in [0, 0.05) is 5.56 Å². The van der Waals surface area contributed by atoms with E-state index in [-0.39, 0.29) is 6.04 Å². The van der Waals surface area contributed by atoms with Gasteiger partial charge in [-0.3, -0.25) is 0 Å². The van der Waals surface area contributed by atoms with Crippen molar-refractivity contribution in [3.05, 3.63) is 54.7 Å². The van der Waals surface area contributed by atoms with E-state index in [1.807, 2.05) is 6.07 Å².